The van der Waals surface area contributed by atoms with Crippen molar-refractivity contribution >= 4 is 11.6 Å². The molecule has 19 heavy (non-hydrogen) atoms. The summed E-state index contributed by atoms with van der Waals surface area (Å²) >= 11 is 5.96. The number of halogens is 2. The molecule has 0 fully saturated rings. The minimum atomic E-state index is -1.12. The molecule has 1 atom stereocenters. The van der Waals surface area contributed by atoms with Crippen molar-refractivity contribution in [1.29, 1.82) is 0 Å². The molecule has 100 valence electrons. The van der Waals surface area contributed by atoms with Gasteiger partial charge < -0.3 is 5.11 Å². The fraction of sp³-hybridized carbons (Fsp3) is 0.250. The summed E-state index contributed by atoms with van der Waals surface area (Å²) in [4.78, 5) is 0. The van der Waals surface area contributed by atoms with E-state index < -0.39 is 12.3 Å². The predicted molar refractivity (Wildman–Crippen MR) is 77.1 cm³/mol. The SMILES string of the molecule is CC(O)(CCF)c1ccc(-c2cccc(Cl)c2)cc1. The smallest absolute Gasteiger partial charge is 0.0925 e. The van der Waals surface area contributed by atoms with E-state index in [-0.39, 0.29) is 6.42 Å². The first kappa shape index (κ1) is 14.0. The average molecular weight is 279 g/mol. The Hall–Kier alpha value is -1.38. The highest BCUT2D eigenvalue weighted by Crippen LogP contribution is 2.28. The van der Waals surface area contributed by atoms with Gasteiger partial charge in [0, 0.05) is 11.4 Å². The van der Waals surface area contributed by atoms with Crippen LogP contribution in [0, 0.1) is 0 Å². The molecular formula is C16H16ClFO. The highest BCUT2D eigenvalue weighted by atomic mass is 35.5. The number of rotatable bonds is 4. The molecule has 0 saturated heterocycles. The van der Waals surface area contributed by atoms with Gasteiger partial charge in [0.05, 0.1) is 12.3 Å². The quantitative estimate of drug-likeness (QED) is 0.868. The van der Waals surface area contributed by atoms with Crippen molar-refractivity contribution in [3.05, 3.63) is 59.1 Å². The molecule has 0 spiro atoms. The molecule has 0 aromatic heterocycles. The number of alkyl halides is 1. The van der Waals surface area contributed by atoms with Crippen LogP contribution in [-0.4, -0.2) is 11.8 Å². The zero-order valence-electron chi connectivity index (χ0n) is 10.7. The Morgan fingerprint density at radius 2 is 1.79 bits per heavy atom. The average Bonchev–Trinajstić information content (AvgIpc) is 2.39. The highest BCUT2D eigenvalue weighted by Gasteiger charge is 2.22. The van der Waals surface area contributed by atoms with Crippen molar-refractivity contribution in [1.82, 2.24) is 0 Å². The molecule has 3 heteroatoms. The minimum Gasteiger partial charge on any atom is -0.385 e. The number of hydrogen-bond acceptors (Lipinski definition) is 1. The van der Waals surface area contributed by atoms with Gasteiger partial charge in [-0.2, -0.15) is 0 Å². The van der Waals surface area contributed by atoms with Gasteiger partial charge >= 0.3 is 0 Å². The molecule has 1 N–H and O–H groups in total. The highest BCUT2D eigenvalue weighted by molar-refractivity contribution is 6.30. The second-order valence-corrected chi connectivity index (χ2v) is 5.24. The lowest BCUT2D eigenvalue weighted by atomic mass is 9.91. The van der Waals surface area contributed by atoms with Crippen LogP contribution in [0.5, 0.6) is 0 Å². The second kappa shape index (κ2) is 5.72. The van der Waals surface area contributed by atoms with Crippen LogP contribution in [0.3, 0.4) is 0 Å². The molecule has 2 aromatic rings. The number of hydrogen-bond donors (Lipinski definition) is 1. The van der Waals surface area contributed by atoms with Crippen LogP contribution in [0.4, 0.5) is 4.39 Å². The van der Waals surface area contributed by atoms with E-state index in [0.29, 0.717) is 5.02 Å². The Morgan fingerprint density at radius 1 is 1.11 bits per heavy atom. The molecule has 0 saturated carbocycles. The van der Waals surface area contributed by atoms with E-state index in [2.05, 4.69) is 0 Å². The van der Waals surface area contributed by atoms with Crippen molar-refractivity contribution in [3.8, 4) is 11.1 Å². The summed E-state index contributed by atoms with van der Waals surface area (Å²) in [6.45, 7) is 1.09. The van der Waals surface area contributed by atoms with Gasteiger partial charge in [0.25, 0.3) is 0 Å². The molecular weight excluding hydrogens is 263 g/mol. The molecule has 0 bridgehead atoms. The Bertz CT molecular complexity index is 549. The van der Waals surface area contributed by atoms with E-state index in [1.165, 1.54) is 0 Å². The summed E-state index contributed by atoms with van der Waals surface area (Å²) in [5.74, 6) is 0. The van der Waals surface area contributed by atoms with Gasteiger partial charge in [-0.25, -0.2) is 0 Å². The normalized spacial score (nSPS) is 14.1. The number of benzene rings is 2. The maximum Gasteiger partial charge on any atom is 0.0925 e. The van der Waals surface area contributed by atoms with Crippen LogP contribution in [-0.2, 0) is 5.60 Å². The molecule has 2 aromatic carbocycles. The van der Waals surface area contributed by atoms with Crippen molar-refractivity contribution in [2.24, 2.45) is 0 Å². The molecule has 0 aliphatic rings. The third kappa shape index (κ3) is 3.34. The second-order valence-electron chi connectivity index (χ2n) is 4.80. The van der Waals surface area contributed by atoms with Gasteiger partial charge in [-0.3, -0.25) is 4.39 Å². The first-order valence-electron chi connectivity index (χ1n) is 6.18. The van der Waals surface area contributed by atoms with Gasteiger partial charge in [-0.05, 0) is 35.7 Å². The summed E-state index contributed by atoms with van der Waals surface area (Å²) in [5.41, 5.74) is 1.63. The van der Waals surface area contributed by atoms with E-state index in [9.17, 15) is 9.50 Å². The maximum absolute atomic E-state index is 12.4. The summed E-state index contributed by atoms with van der Waals surface area (Å²) in [5, 5.41) is 10.8. The molecule has 0 aliphatic carbocycles. The lowest BCUT2D eigenvalue weighted by Gasteiger charge is -2.22. The Balaban J connectivity index is 2.28. The molecule has 0 heterocycles. The Morgan fingerprint density at radius 3 is 2.37 bits per heavy atom. The third-order valence-corrected chi connectivity index (χ3v) is 3.48. The molecule has 2 rings (SSSR count). The molecule has 0 radical (unpaired) electrons. The first-order valence-corrected chi connectivity index (χ1v) is 6.55. The Labute approximate surface area is 117 Å². The monoisotopic (exact) mass is 278 g/mol. The molecule has 1 nitrogen and oxygen atoms in total. The third-order valence-electron chi connectivity index (χ3n) is 3.25. The van der Waals surface area contributed by atoms with Gasteiger partial charge in [0.2, 0.25) is 0 Å². The lowest BCUT2D eigenvalue weighted by molar-refractivity contribution is 0.0408. The van der Waals surface area contributed by atoms with Crippen LogP contribution in [0.15, 0.2) is 48.5 Å². The van der Waals surface area contributed by atoms with E-state index in [1.54, 1.807) is 6.92 Å². The summed E-state index contributed by atoms with van der Waals surface area (Å²) in [7, 11) is 0. The minimum absolute atomic E-state index is 0.101. The molecule has 0 aliphatic heterocycles. The maximum atomic E-state index is 12.4. The standard InChI is InChI=1S/C16H16ClFO/c1-16(19,9-10-18)14-7-5-12(6-8-14)13-3-2-4-15(17)11-13/h2-8,11,19H,9-10H2,1H3. The lowest BCUT2D eigenvalue weighted by Crippen LogP contribution is -2.21. The summed E-state index contributed by atoms with van der Waals surface area (Å²) < 4.78 is 12.4. The van der Waals surface area contributed by atoms with E-state index >= 15 is 0 Å². The first-order chi connectivity index (χ1) is 9.03. The number of aliphatic hydroxyl groups is 1. The van der Waals surface area contributed by atoms with Gasteiger partial charge in [-0.1, -0.05) is 48.0 Å². The fourth-order valence-corrected chi connectivity index (χ4v) is 2.21. The van der Waals surface area contributed by atoms with E-state index in [0.717, 1.165) is 16.7 Å². The van der Waals surface area contributed by atoms with Gasteiger partial charge in [0.1, 0.15) is 0 Å². The summed E-state index contributed by atoms with van der Waals surface area (Å²) in [6, 6.07) is 15.0. The van der Waals surface area contributed by atoms with Crippen molar-refractivity contribution in [2.45, 2.75) is 18.9 Å². The van der Waals surface area contributed by atoms with Crippen molar-refractivity contribution in [3.63, 3.8) is 0 Å². The van der Waals surface area contributed by atoms with Crippen LogP contribution >= 0.6 is 11.6 Å². The predicted octanol–water partition coefficient (Wildman–Crippen LogP) is 4.57. The zero-order chi connectivity index (χ0) is 13.9. The van der Waals surface area contributed by atoms with Crippen LogP contribution in [0.1, 0.15) is 18.9 Å². The van der Waals surface area contributed by atoms with Gasteiger partial charge in [-0.15, -0.1) is 0 Å². The van der Waals surface area contributed by atoms with Crippen LogP contribution in [0.2, 0.25) is 5.02 Å². The Kier molecular flexibility index (Phi) is 4.23. The topological polar surface area (TPSA) is 20.2 Å². The molecule has 1 unspecified atom stereocenters. The zero-order valence-corrected chi connectivity index (χ0v) is 11.5. The van der Waals surface area contributed by atoms with E-state index in [1.807, 2.05) is 48.5 Å². The fourth-order valence-electron chi connectivity index (χ4n) is 2.02. The van der Waals surface area contributed by atoms with E-state index in [4.69, 9.17) is 11.6 Å². The largest absolute Gasteiger partial charge is 0.385 e. The van der Waals surface area contributed by atoms with Crippen molar-refractivity contribution < 1.29 is 9.50 Å². The van der Waals surface area contributed by atoms with Gasteiger partial charge in [0.15, 0.2) is 0 Å². The summed E-state index contributed by atoms with van der Waals surface area (Å²) in [6.07, 6.45) is 0.101. The van der Waals surface area contributed by atoms with Crippen molar-refractivity contribution in [2.75, 3.05) is 6.67 Å². The van der Waals surface area contributed by atoms with Crippen LogP contribution < -0.4 is 0 Å². The van der Waals surface area contributed by atoms with Crippen LogP contribution in [0.25, 0.3) is 11.1 Å². The molecule has 0 amide bonds.